The molecule has 0 aliphatic carbocycles. The first-order chi connectivity index (χ1) is 8.74. The minimum Gasteiger partial charge on any atom is -0.508 e. The first-order valence-corrected chi connectivity index (χ1v) is 5.82. The molecule has 1 aromatic carbocycles. The lowest BCUT2D eigenvalue weighted by Gasteiger charge is -1.99. The molecule has 3 aromatic rings. The van der Waals surface area contributed by atoms with E-state index < -0.39 is 0 Å². The number of pyridine rings is 1. The summed E-state index contributed by atoms with van der Waals surface area (Å²) in [4.78, 5) is 4.49. The van der Waals surface area contributed by atoms with Crippen LogP contribution in [-0.2, 0) is 6.42 Å². The van der Waals surface area contributed by atoms with Gasteiger partial charge in [0.2, 0.25) is 0 Å². The van der Waals surface area contributed by atoms with E-state index in [0.29, 0.717) is 12.2 Å². The van der Waals surface area contributed by atoms with Gasteiger partial charge >= 0.3 is 0 Å². The zero-order chi connectivity index (χ0) is 12.5. The van der Waals surface area contributed by atoms with Gasteiger partial charge in [-0.3, -0.25) is 0 Å². The maximum absolute atomic E-state index is 9.74. The van der Waals surface area contributed by atoms with Crippen molar-refractivity contribution in [3.8, 4) is 5.75 Å². The Hall–Kier alpha value is -2.36. The number of hydrogen-bond donors (Lipinski definition) is 1. The Balaban J connectivity index is 2.01. The molecule has 0 fully saturated rings. The second kappa shape index (κ2) is 4.14. The van der Waals surface area contributed by atoms with E-state index in [9.17, 15) is 5.11 Å². The monoisotopic (exact) mass is 239 g/mol. The zero-order valence-corrected chi connectivity index (χ0v) is 10.0. The van der Waals surface area contributed by atoms with Crippen LogP contribution in [0.2, 0.25) is 0 Å². The third-order valence-electron chi connectivity index (χ3n) is 2.94. The summed E-state index contributed by atoms with van der Waals surface area (Å²) in [6.07, 6.45) is 2.41. The molecule has 2 aromatic heterocycles. The van der Waals surface area contributed by atoms with Gasteiger partial charge in [-0.2, -0.15) is 5.10 Å². The molecule has 0 aliphatic rings. The summed E-state index contributed by atoms with van der Waals surface area (Å²) in [5.74, 6) is 0.999. The van der Waals surface area contributed by atoms with Crippen molar-refractivity contribution in [3.05, 3.63) is 59.5 Å². The van der Waals surface area contributed by atoms with Crippen molar-refractivity contribution in [1.82, 2.24) is 14.6 Å². The van der Waals surface area contributed by atoms with Gasteiger partial charge in [-0.05, 0) is 24.6 Å². The number of aromatic hydroxyl groups is 1. The maximum atomic E-state index is 9.74. The maximum Gasteiger partial charge on any atom is 0.158 e. The molecule has 18 heavy (non-hydrogen) atoms. The van der Waals surface area contributed by atoms with Crippen LogP contribution in [0.4, 0.5) is 0 Å². The number of fused-ring (bicyclic) bond motifs is 1. The molecule has 0 bridgehead atoms. The summed E-state index contributed by atoms with van der Waals surface area (Å²) in [6.45, 7) is 2.01. The topological polar surface area (TPSA) is 50.4 Å². The molecule has 1 N–H and O–H groups in total. The van der Waals surface area contributed by atoms with Crippen molar-refractivity contribution < 1.29 is 5.11 Å². The Morgan fingerprint density at radius 1 is 1.17 bits per heavy atom. The van der Waals surface area contributed by atoms with Gasteiger partial charge in [0.25, 0.3) is 0 Å². The van der Waals surface area contributed by atoms with Crippen LogP contribution in [0.15, 0.2) is 42.6 Å². The van der Waals surface area contributed by atoms with Crippen LogP contribution >= 0.6 is 0 Å². The number of benzene rings is 1. The van der Waals surface area contributed by atoms with Gasteiger partial charge < -0.3 is 5.11 Å². The molecule has 90 valence electrons. The summed E-state index contributed by atoms with van der Waals surface area (Å²) in [5, 5.41) is 14.1. The van der Waals surface area contributed by atoms with Crippen molar-refractivity contribution in [2.75, 3.05) is 0 Å². The molecule has 0 amide bonds. The lowest BCUT2D eigenvalue weighted by molar-refractivity contribution is 0.469. The molecular weight excluding hydrogens is 226 g/mol. The molecule has 2 heterocycles. The first kappa shape index (κ1) is 10.8. The van der Waals surface area contributed by atoms with Crippen LogP contribution < -0.4 is 0 Å². The molecule has 4 nitrogen and oxygen atoms in total. The van der Waals surface area contributed by atoms with Crippen molar-refractivity contribution in [2.45, 2.75) is 13.3 Å². The minimum atomic E-state index is 0.285. The van der Waals surface area contributed by atoms with E-state index in [1.807, 2.05) is 37.4 Å². The van der Waals surface area contributed by atoms with Crippen LogP contribution in [-0.4, -0.2) is 19.7 Å². The fourth-order valence-corrected chi connectivity index (χ4v) is 1.99. The molecule has 3 rings (SSSR count). The minimum absolute atomic E-state index is 0.285. The predicted molar refractivity (Wildman–Crippen MR) is 68.6 cm³/mol. The average Bonchev–Trinajstić information content (AvgIpc) is 2.76. The summed E-state index contributed by atoms with van der Waals surface area (Å²) < 4.78 is 1.77. The Labute approximate surface area is 105 Å². The van der Waals surface area contributed by atoms with Crippen LogP contribution in [0, 0.1) is 6.92 Å². The van der Waals surface area contributed by atoms with E-state index in [-0.39, 0.29) is 5.75 Å². The summed E-state index contributed by atoms with van der Waals surface area (Å²) >= 11 is 0. The zero-order valence-electron chi connectivity index (χ0n) is 10.0. The molecule has 0 saturated heterocycles. The second-order valence-corrected chi connectivity index (χ2v) is 4.29. The number of aryl methyl sites for hydroxylation is 1. The average molecular weight is 239 g/mol. The highest BCUT2D eigenvalue weighted by Gasteiger charge is 2.08. The standard InChI is InChI=1S/C14H13N3O/c1-10-5-4-8-17-14(10)15-13(16-17)9-11-6-2-3-7-12(11)18/h2-8,18H,9H2,1H3. The number of phenols is 1. The number of rotatable bonds is 2. The number of phenolic OH excluding ortho intramolecular Hbond substituents is 1. The van der Waals surface area contributed by atoms with Gasteiger partial charge in [0.05, 0.1) is 0 Å². The molecule has 0 radical (unpaired) electrons. The fourth-order valence-electron chi connectivity index (χ4n) is 1.99. The van der Waals surface area contributed by atoms with Crippen molar-refractivity contribution in [2.24, 2.45) is 0 Å². The van der Waals surface area contributed by atoms with Gasteiger partial charge in [-0.1, -0.05) is 24.3 Å². The third kappa shape index (κ3) is 1.82. The van der Waals surface area contributed by atoms with Crippen LogP contribution in [0.5, 0.6) is 5.75 Å². The molecule has 0 aliphatic heterocycles. The fraction of sp³-hybridized carbons (Fsp3) is 0.143. The van der Waals surface area contributed by atoms with Gasteiger partial charge in [-0.25, -0.2) is 9.50 Å². The quantitative estimate of drug-likeness (QED) is 0.746. The number of aromatic nitrogens is 3. The second-order valence-electron chi connectivity index (χ2n) is 4.29. The van der Waals surface area contributed by atoms with E-state index in [1.54, 1.807) is 16.6 Å². The van der Waals surface area contributed by atoms with Crippen molar-refractivity contribution in [1.29, 1.82) is 0 Å². The molecule has 0 atom stereocenters. The smallest absolute Gasteiger partial charge is 0.158 e. The van der Waals surface area contributed by atoms with E-state index in [0.717, 1.165) is 16.8 Å². The first-order valence-electron chi connectivity index (χ1n) is 5.82. The van der Waals surface area contributed by atoms with Crippen molar-refractivity contribution in [3.63, 3.8) is 0 Å². The van der Waals surface area contributed by atoms with E-state index in [1.165, 1.54) is 0 Å². The van der Waals surface area contributed by atoms with Gasteiger partial charge in [0.15, 0.2) is 11.5 Å². The largest absolute Gasteiger partial charge is 0.508 e. The summed E-state index contributed by atoms with van der Waals surface area (Å²) in [6, 6.07) is 11.2. The Morgan fingerprint density at radius 2 is 2.00 bits per heavy atom. The molecule has 4 heteroatoms. The molecule has 0 unspecified atom stereocenters. The highest BCUT2D eigenvalue weighted by atomic mass is 16.3. The molecule has 0 saturated carbocycles. The normalized spacial score (nSPS) is 10.9. The number of hydrogen-bond acceptors (Lipinski definition) is 3. The number of para-hydroxylation sites is 1. The van der Waals surface area contributed by atoms with Crippen LogP contribution in [0.25, 0.3) is 5.65 Å². The Kier molecular flexibility index (Phi) is 2.48. The summed E-state index contributed by atoms with van der Waals surface area (Å²) in [5.41, 5.74) is 2.79. The van der Waals surface area contributed by atoms with Crippen molar-refractivity contribution >= 4 is 5.65 Å². The van der Waals surface area contributed by atoms with E-state index in [4.69, 9.17) is 0 Å². The highest BCUT2D eigenvalue weighted by Crippen LogP contribution is 2.18. The van der Waals surface area contributed by atoms with E-state index >= 15 is 0 Å². The Bertz CT molecular complexity index is 703. The predicted octanol–water partition coefficient (Wildman–Crippen LogP) is 2.33. The Morgan fingerprint density at radius 3 is 2.78 bits per heavy atom. The lowest BCUT2D eigenvalue weighted by Crippen LogP contribution is -1.92. The van der Waals surface area contributed by atoms with Gasteiger partial charge in [0, 0.05) is 18.2 Å². The van der Waals surface area contributed by atoms with Gasteiger partial charge in [-0.15, -0.1) is 0 Å². The van der Waals surface area contributed by atoms with E-state index in [2.05, 4.69) is 10.1 Å². The van der Waals surface area contributed by atoms with Crippen LogP contribution in [0.3, 0.4) is 0 Å². The number of nitrogens with zero attached hydrogens (tertiary/aromatic N) is 3. The highest BCUT2D eigenvalue weighted by molar-refractivity contribution is 5.46. The van der Waals surface area contributed by atoms with Gasteiger partial charge in [0.1, 0.15) is 5.75 Å². The lowest BCUT2D eigenvalue weighted by atomic mass is 10.1. The molecular formula is C14H13N3O. The summed E-state index contributed by atoms with van der Waals surface area (Å²) in [7, 11) is 0. The third-order valence-corrected chi connectivity index (χ3v) is 2.94. The van der Waals surface area contributed by atoms with Crippen LogP contribution in [0.1, 0.15) is 17.0 Å². The SMILES string of the molecule is Cc1cccn2nc(Cc3ccccc3O)nc12. The molecule has 0 spiro atoms.